The number of halogens is 1. The third-order valence-corrected chi connectivity index (χ3v) is 4.67. The molecule has 3 nitrogen and oxygen atoms in total. The summed E-state index contributed by atoms with van der Waals surface area (Å²) < 4.78 is 13.6. The van der Waals surface area contributed by atoms with Crippen LogP contribution < -0.4 is 4.90 Å². The molecular weight excluding hydrogens is 281 g/mol. The van der Waals surface area contributed by atoms with Gasteiger partial charge in [0.05, 0.1) is 0 Å². The van der Waals surface area contributed by atoms with Crippen molar-refractivity contribution in [3.8, 4) is 0 Å². The van der Waals surface area contributed by atoms with E-state index in [1.165, 1.54) is 6.07 Å². The van der Waals surface area contributed by atoms with E-state index >= 15 is 0 Å². The van der Waals surface area contributed by atoms with Gasteiger partial charge in [-0.1, -0.05) is 26.7 Å². The van der Waals surface area contributed by atoms with Gasteiger partial charge < -0.3 is 10.0 Å². The Bertz CT molecular complexity index is 556. The van der Waals surface area contributed by atoms with E-state index in [0.717, 1.165) is 30.5 Å². The first kappa shape index (κ1) is 16.8. The summed E-state index contributed by atoms with van der Waals surface area (Å²) in [4.78, 5) is 13.8. The molecule has 2 atom stereocenters. The first-order valence-electron chi connectivity index (χ1n) is 8.09. The molecular formula is C18H26FNO2. The lowest BCUT2D eigenvalue weighted by atomic mass is 9.78. The number of benzene rings is 1. The van der Waals surface area contributed by atoms with Crippen LogP contribution in [0.25, 0.3) is 0 Å². The van der Waals surface area contributed by atoms with Crippen molar-refractivity contribution in [3.63, 3.8) is 0 Å². The number of hydrogen-bond acceptors (Lipinski definition) is 2. The Morgan fingerprint density at radius 1 is 1.50 bits per heavy atom. The van der Waals surface area contributed by atoms with Gasteiger partial charge in [-0.3, -0.25) is 0 Å². The number of rotatable bonds is 5. The minimum atomic E-state index is -0.800. The number of hydrogen-bond donors (Lipinski definition) is 1. The van der Waals surface area contributed by atoms with Gasteiger partial charge >= 0.3 is 5.97 Å². The molecule has 0 aromatic heterocycles. The zero-order chi connectivity index (χ0) is 16.5. The van der Waals surface area contributed by atoms with E-state index < -0.39 is 12.0 Å². The highest BCUT2D eigenvalue weighted by molar-refractivity contribution is 5.80. The summed E-state index contributed by atoms with van der Waals surface area (Å²) >= 11 is 0. The fraction of sp³-hybridized carbons (Fsp3) is 0.611. The second-order valence-electron chi connectivity index (χ2n) is 6.99. The van der Waals surface area contributed by atoms with Gasteiger partial charge in [-0.15, -0.1) is 0 Å². The number of carboxylic acids is 1. The third kappa shape index (κ3) is 3.11. The van der Waals surface area contributed by atoms with Crippen LogP contribution in [0.1, 0.15) is 64.9 Å². The van der Waals surface area contributed by atoms with Crippen LogP contribution in [0.5, 0.6) is 0 Å². The lowest BCUT2D eigenvalue weighted by Gasteiger charge is -2.50. The van der Waals surface area contributed by atoms with Crippen LogP contribution in [0.4, 0.5) is 10.1 Å². The lowest BCUT2D eigenvalue weighted by molar-refractivity contribution is -0.139. The molecule has 22 heavy (non-hydrogen) atoms. The zero-order valence-electron chi connectivity index (χ0n) is 13.9. The Morgan fingerprint density at radius 2 is 2.18 bits per heavy atom. The number of aliphatic carboxylic acids is 1. The van der Waals surface area contributed by atoms with Gasteiger partial charge in [-0.05, 0) is 56.4 Å². The van der Waals surface area contributed by atoms with Gasteiger partial charge in [0.1, 0.15) is 11.9 Å². The van der Waals surface area contributed by atoms with E-state index in [4.69, 9.17) is 0 Å². The number of fused-ring (bicyclic) bond motifs is 1. The third-order valence-electron chi connectivity index (χ3n) is 4.67. The van der Waals surface area contributed by atoms with E-state index in [-0.39, 0.29) is 17.3 Å². The molecule has 4 heteroatoms. The predicted molar refractivity (Wildman–Crippen MR) is 86.9 cm³/mol. The van der Waals surface area contributed by atoms with Gasteiger partial charge in [0.2, 0.25) is 0 Å². The van der Waals surface area contributed by atoms with Crippen molar-refractivity contribution in [1.82, 2.24) is 0 Å². The molecule has 0 fully saturated rings. The minimum absolute atomic E-state index is 0.220. The van der Waals surface area contributed by atoms with E-state index in [1.54, 1.807) is 12.1 Å². The van der Waals surface area contributed by atoms with Crippen molar-refractivity contribution in [2.75, 3.05) is 4.90 Å². The molecule has 0 amide bonds. The largest absolute Gasteiger partial charge is 0.480 e. The number of nitrogens with zero attached hydrogens (tertiary/aromatic N) is 1. The maximum atomic E-state index is 13.6. The molecule has 122 valence electrons. The highest BCUT2D eigenvalue weighted by Crippen LogP contribution is 2.45. The summed E-state index contributed by atoms with van der Waals surface area (Å²) in [6, 6.07) is 4.16. The van der Waals surface area contributed by atoms with Gasteiger partial charge in [0.25, 0.3) is 0 Å². The molecule has 1 aliphatic heterocycles. The van der Waals surface area contributed by atoms with E-state index in [1.807, 2.05) is 4.90 Å². The summed E-state index contributed by atoms with van der Waals surface area (Å²) in [5.41, 5.74) is 1.52. The summed E-state index contributed by atoms with van der Waals surface area (Å²) in [5.74, 6) is -0.838. The molecule has 0 aliphatic carbocycles. The molecule has 0 radical (unpaired) electrons. The van der Waals surface area contributed by atoms with Gasteiger partial charge in [-0.2, -0.15) is 0 Å². The monoisotopic (exact) mass is 307 g/mol. The van der Waals surface area contributed by atoms with Crippen molar-refractivity contribution in [3.05, 3.63) is 29.6 Å². The molecule has 1 heterocycles. The van der Waals surface area contributed by atoms with Crippen LogP contribution in [0.3, 0.4) is 0 Å². The van der Waals surface area contributed by atoms with E-state index in [0.29, 0.717) is 6.42 Å². The van der Waals surface area contributed by atoms with Crippen LogP contribution in [0.15, 0.2) is 18.2 Å². The Hall–Kier alpha value is -1.58. The average Bonchev–Trinajstić information content (AvgIpc) is 2.41. The Morgan fingerprint density at radius 3 is 2.77 bits per heavy atom. The number of carbonyl (C=O) groups is 1. The average molecular weight is 307 g/mol. The maximum Gasteiger partial charge on any atom is 0.326 e. The second kappa shape index (κ2) is 6.27. The van der Waals surface area contributed by atoms with Crippen molar-refractivity contribution in [2.24, 2.45) is 0 Å². The second-order valence-corrected chi connectivity index (χ2v) is 6.99. The van der Waals surface area contributed by atoms with Gasteiger partial charge in [0, 0.05) is 11.2 Å². The smallest absolute Gasteiger partial charge is 0.326 e. The van der Waals surface area contributed by atoms with Gasteiger partial charge in [-0.25, -0.2) is 9.18 Å². The topological polar surface area (TPSA) is 40.5 Å². The molecule has 0 saturated heterocycles. The van der Waals surface area contributed by atoms with Crippen LogP contribution in [0.2, 0.25) is 0 Å². The molecule has 0 saturated carbocycles. The highest BCUT2D eigenvalue weighted by Gasteiger charge is 2.42. The van der Waals surface area contributed by atoms with Crippen molar-refractivity contribution < 1.29 is 14.3 Å². The predicted octanol–water partition coefficient (Wildman–Crippen LogP) is 4.56. The van der Waals surface area contributed by atoms with Crippen molar-refractivity contribution >= 4 is 11.7 Å². The first-order valence-corrected chi connectivity index (χ1v) is 8.09. The molecule has 1 N–H and O–H groups in total. The maximum absolute atomic E-state index is 13.6. The van der Waals surface area contributed by atoms with Crippen molar-refractivity contribution in [2.45, 2.75) is 70.9 Å². The number of carboxylic acid groups (broad SMARTS) is 1. The quantitative estimate of drug-likeness (QED) is 0.867. The first-order chi connectivity index (χ1) is 10.3. The molecule has 1 aliphatic rings. The SMILES string of the molecule is CCCC[C@H](C(=O)O)N1c2ccc(F)cc2[C@H](C)CC1(C)C. The number of anilines is 1. The van der Waals surface area contributed by atoms with Crippen molar-refractivity contribution in [1.29, 1.82) is 0 Å². The zero-order valence-corrected chi connectivity index (χ0v) is 13.9. The molecule has 1 aromatic rings. The van der Waals surface area contributed by atoms with Crippen LogP contribution in [0, 0.1) is 5.82 Å². The summed E-state index contributed by atoms with van der Waals surface area (Å²) in [6.07, 6.45) is 3.26. The van der Waals surface area contributed by atoms with Crippen LogP contribution >= 0.6 is 0 Å². The molecule has 2 rings (SSSR count). The summed E-state index contributed by atoms with van der Waals surface area (Å²) in [6.45, 7) is 8.31. The summed E-state index contributed by atoms with van der Waals surface area (Å²) in [7, 11) is 0. The fourth-order valence-electron chi connectivity index (χ4n) is 3.77. The highest BCUT2D eigenvalue weighted by atomic mass is 19.1. The Kier molecular flexibility index (Phi) is 4.78. The normalized spacial score (nSPS) is 21.3. The molecule has 0 unspecified atom stereocenters. The van der Waals surface area contributed by atoms with E-state index in [9.17, 15) is 14.3 Å². The summed E-state index contributed by atoms with van der Waals surface area (Å²) in [5, 5.41) is 9.71. The number of unbranched alkanes of at least 4 members (excludes halogenated alkanes) is 1. The van der Waals surface area contributed by atoms with E-state index in [2.05, 4.69) is 27.7 Å². The van der Waals surface area contributed by atoms with Crippen LogP contribution in [-0.4, -0.2) is 22.7 Å². The minimum Gasteiger partial charge on any atom is -0.480 e. The Labute approximate surface area is 132 Å². The van der Waals surface area contributed by atoms with Gasteiger partial charge in [0.15, 0.2) is 0 Å². The fourth-order valence-corrected chi connectivity index (χ4v) is 3.77. The molecule has 1 aromatic carbocycles. The molecule has 0 bridgehead atoms. The lowest BCUT2D eigenvalue weighted by Crippen LogP contribution is -2.56. The van der Waals surface area contributed by atoms with Crippen LogP contribution in [-0.2, 0) is 4.79 Å². The molecule has 0 spiro atoms. The standard InChI is InChI=1S/C18H26FNO2/c1-5-6-7-16(17(21)22)20-15-9-8-13(19)10-14(15)12(2)11-18(20,3)4/h8-10,12,16H,5-7,11H2,1-4H3,(H,21,22)/t12-,16-/m1/s1. The Balaban J connectivity index is 2.51.